The molecule has 0 radical (unpaired) electrons. The molecule has 0 spiro atoms. The first-order valence-electron chi connectivity index (χ1n) is 6.01. The number of aliphatic carboxylic acids is 1. The lowest BCUT2D eigenvalue weighted by Crippen LogP contribution is -2.39. The number of carboxylic acids is 1. The first kappa shape index (κ1) is 15.2. The largest absolute Gasteiger partial charge is 0.480 e. The van der Waals surface area contributed by atoms with Crippen molar-refractivity contribution >= 4 is 11.9 Å². The van der Waals surface area contributed by atoms with Gasteiger partial charge in [0.05, 0.1) is 6.20 Å². The van der Waals surface area contributed by atoms with Gasteiger partial charge in [-0.15, -0.1) is 0 Å². The van der Waals surface area contributed by atoms with E-state index in [0.717, 1.165) is 0 Å². The molecule has 0 bridgehead atoms. The summed E-state index contributed by atoms with van der Waals surface area (Å²) in [5.41, 5.74) is 0.612. The number of amides is 1. The minimum absolute atomic E-state index is 0.327. The van der Waals surface area contributed by atoms with Crippen LogP contribution in [0.1, 0.15) is 25.0 Å². The lowest BCUT2D eigenvalue weighted by atomic mass is 10.1. The van der Waals surface area contributed by atoms with Gasteiger partial charge in [-0.05, 0) is 6.42 Å². The molecule has 7 nitrogen and oxygen atoms in total. The van der Waals surface area contributed by atoms with E-state index in [9.17, 15) is 9.59 Å². The lowest BCUT2D eigenvalue weighted by Gasteiger charge is -2.24. The quantitative estimate of drug-likeness (QED) is 0.776. The van der Waals surface area contributed by atoms with Crippen molar-refractivity contribution in [3.05, 3.63) is 18.0 Å². The molecule has 1 rings (SSSR count). The fourth-order valence-electron chi connectivity index (χ4n) is 1.82. The van der Waals surface area contributed by atoms with Crippen molar-refractivity contribution < 1.29 is 19.4 Å². The Labute approximate surface area is 111 Å². The van der Waals surface area contributed by atoms with Crippen LogP contribution in [0.15, 0.2) is 12.4 Å². The summed E-state index contributed by atoms with van der Waals surface area (Å²) in [5.74, 6) is -1.40. The fraction of sp³-hybridized carbons (Fsp3) is 0.583. The summed E-state index contributed by atoms with van der Waals surface area (Å²) in [6, 6.07) is 0. The van der Waals surface area contributed by atoms with Gasteiger partial charge in [0.15, 0.2) is 6.10 Å². The molecule has 1 N–H and O–H groups in total. The molecule has 1 unspecified atom stereocenters. The molecule has 0 aliphatic rings. The van der Waals surface area contributed by atoms with Gasteiger partial charge in [-0.25, -0.2) is 0 Å². The normalized spacial score (nSPS) is 12.2. The standard InChI is InChI=1S/C12H19N3O4/c1-4-5-15(8-10(16)17)12(18)11(19-3)9-6-13-14(2)7-9/h6-7,11H,4-5,8H2,1-3H3,(H,16,17). The van der Waals surface area contributed by atoms with Crippen LogP contribution in [0.25, 0.3) is 0 Å². The molecule has 1 heterocycles. The molecule has 0 aliphatic carbocycles. The predicted molar refractivity (Wildman–Crippen MR) is 67.5 cm³/mol. The zero-order valence-electron chi connectivity index (χ0n) is 11.4. The Morgan fingerprint density at radius 2 is 2.26 bits per heavy atom. The Balaban J connectivity index is 2.88. The van der Waals surface area contributed by atoms with Crippen molar-refractivity contribution in [2.75, 3.05) is 20.2 Å². The van der Waals surface area contributed by atoms with E-state index >= 15 is 0 Å². The van der Waals surface area contributed by atoms with Crippen LogP contribution in [0.2, 0.25) is 0 Å². The Kier molecular flexibility index (Phi) is 5.50. The molecule has 7 heteroatoms. The highest BCUT2D eigenvalue weighted by Crippen LogP contribution is 2.18. The highest BCUT2D eigenvalue weighted by molar-refractivity contribution is 5.85. The highest BCUT2D eigenvalue weighted by Gasteiger charge is 2.27. The number of carbonyl (C=O) groups excluding carboxylic acids is 1. The SMILES string of the molecule is CCCN(CC(=O)O)C(=O)C(OC)c1cnn(C)c1. The first-order valence-corrected chi connectivity index (χ1v) is 6.01. The van der Waals surface area contributed by atoms with E-state index in [-0.39, 0.29) is 12.5 Å². The molecular formula is C12H19N3O4. The summed E-state index contributed by atoms with van der Waals surface area (Å²) >= 11 is 0. The number of aryl methyl sites for hydroxylation is 1. The zero-order chi connectivity index (χ0) is 14.4. The number of rotatable bonds is 7. The third-order valence-corrected chi connectivity index (χ3v) is 2.62. The van der Waals surface area contributed by atoms with Crippen molar-refractivity contribution in [2.24, 2.45) is 7.05 Å². The second kappa shape index (κ2) is 6.89. The zero-order valence-corrected chi connectivity index (χ0v) is 11.4. The maximum absolute atomic E-state index is 12.3. The molecule has 0 aliphatic heterocycles. The molecule has 1 aromatic rings. The molecule has 106 valence electrons. The molecule has 1 aromatic heterocycles. The highest BCUT2D eigenvalue weighted by atomic mass is 16.5. The maximum Gasteiger partial charge on any atom is 0.323 e. The first-order chi connectivity index (χ1) is 8.99. The van der Waals surface area contributed by atoms with Gasteiger partial charge < -0.3 is 14.7 Å². The summed E-state index contributed by atoms with van der Waals surface area (Å²) in [6.45, 7) is 1.94. The number of methoxy groups -OCH3 is 1. The van der Waals surface area contributed by atoms with Crippen molar-refractivity contribution in [1.82, 2.24) is 14.7 Å². The van der Waals surface area contributed by atoms with E-state index in [2.05, 4.69) is 5.10 Å². The number of hydrogen-bond acceptors (Lipinski definition) is 4. The molecule has 0 saturated carbocycles. The van der Waals surface area contributed by atoms with Crippen LogP contribution in [0.3, 0.4) is 0 Å². The van der Waals surface area contributed by atoms with E-state index in [1.54, 1.807) is 17.9 Å². The fourth-order valence-corrected chi connectivity index (χ4v) is 1.82. The Morgan fingerprint density at radius 1 is 1.58 bits per heavy atom. The topological polar surface area (TPSA) is 84.7 Å². The van der Waals surface area contributed by atoms with Crippen LogP contribution in [0.5, 0.6) is 0 Å². The van der Waals surface area contributed by atoms with Crippen molar-refractivity contribution in [3.63, 3.8) is 0 Å². The van der Waals surface area contributed by atoms with Gasteiger partial charge in [0.25, 0.3) is 5.91 Å². The van der Waals surface area contributed by atoms with Crippen LogP contribution < -0.4 is 0 Å². The third kappa shape index (κ3) is 4.06. The maximum atomic E-state index is 12.3. The molecule has 0 saturated heterocycles. The second-order valence-electron chi connectivity index (χ2n) is 4.22. The van der Waals surface area contributed by atoms with Gasteiger partial charge in [0.2, 0.25) is 0 Å². The monoisotopic (exact) mass is 269 g/mol. The van der Waals surface area contributed by atoms with Gasteiger partial charge in [0, 0.05) is 32.5 Å². The van der Waals surface area contributed by atoms with Gasteiger partial charge >= 0.3 is 5.97 Å². The minimum Gasteiger partial charge on any atom is -0.480 e. The number of carboxylic acid groups (broad SMARTS) is 1. The number of carbonyl (C=O) groups is 2. The summed E-state index contributed by atoms with van der Waals surface area (Å²) in [5, 5.41) is 12.8. The molecule has 0 aromatic carbocycles. The van der Waals surface area contributed by atoms with Crippen molar-refractivity contribution in [1.29, 1.82) is 0 Å². The molecule has 1 amide bonds. The molecule has 1 atom stereocenters. The van der Waals surface area contributed by atoms with Crippen LogP contribution >= 0.6 is 0 Å². The van der Waals surface area contributed by atoms with E-state index < -0.39 is 12.1 Å². The van der Waals surface area contributed by atoms with E-state index in [1.807, 2.05) is 6.92 Å². The van der Waals surface area contributed by atoms with Crippen LogP contribution in [0, 0.1) is 0 Å². The van der Waals surface area contributed by atoms with E-state index in [0.29, 0.717) is 18.5 Å². The summed E-state index contributed by atoms with van der Waals surface area (Å²) in [4.78, 5) is 24.4. The van der Waals surface area contributed by atoms with Crippen LogP contribution in [-0.4, -0.2) is 51.9 Å². The minimum atomic E-state index is -1.04. The average Bonchev–Trinajstić information content (AvgIpc) is 2.75. The number of hydrogen-bond donors (Lipinski definition) is 1. The van der Waals surface area contributed by atoms with E-state index in [1.165, 1.54) is 18.2 Å². The Hall–Kier alpha value is -1.89. The summed E-state index contributed by atoms with van der Waals surface area (Å²) in [7, 11) is 3.15. The smallest absolute Gasteiger partial charge is 0.323 e. The molecule has 0 fully saturated rings. The van der Waals surface area contributed by atoms with Gasteiger partial charge in [-0.3, -0.25) is 14.3 Å². The van der Waals surface area contributed by atoms with Gasteiger partial charge in [-0.2, -0.15) is 5.10 Å². The van der Waals surface area contributed by atoms with E-state index in [4.69, 9.17) is 9.84 Å². The van der Waals surface area contributed by atoms with Crippen LogP contribution in [0.4, 0.5) is 0 Å². The third-order valence-electron chi connectivity index (χ3n) is 2.62. The number of nitrogens with zero attached hydrogens (tertiary/aromatic N) is 3. The van der Waals surface area contributed by atoms with Crippen LogP contribution in [-0.2, 0) is 21.4 Å². The second-order valence-corrected chi connectivity index (χ2v) is 4.22. The van der Waals surface area contributed by atoms with Gasteiger partial charge in [-0.1, -0.05) is 6.92 Å². The number of aromatic nitrogens is 2. The number of ether oxygens (including phenoxy) is 1. The molecule has 19 heavy (non-hydrogen) atoms. The average molecular weight is 269 g/mol. The van der Waals surface area contributed by atoms with Gasteiger partial charge in [0.1, 0.15) is 6.54 Å². The Morgan fingerprint density at radius 3 is 2.68 bits per heavy atom. The van der Waals surface area contributed by atoms with Crippen molar-refractivity contribution in [3.8, 4) is 0 Å². The van der Waals surface area contributed by atoms with Crippen molar-refractivity contribution in [2.45, 2.75) is 19.4 Å². The Bertz CT molecular complexity index is 444. The predicted octanol–water partition coefficient (Wildman–Crippen LogP) is 0.431. The molecular weight excluding hydrogens is 250 g/mol. The summed E-state index contributed by atoms with van der Waals surface area (Å²) in [6.07, 6.45) is 3.08. The summed E-state index contributed by atoms with van der Waals surface area (Å²) < 4.78 is 6.75. The lowest BCUT2D eigenvalue weighted by molar-refractivity contribution is -0.150.